The number of benzene rings is 2. The van der Waals surface area contributed by atoms with Gasteiger partial charge < -0.3 is 4.74 Å². The van der Waals surface area contributed by atoms with Crippen LogP contribution in [0.1, 0.15) is 18.9 Å². The maximum Gasteiger partial charge on any atom is 0.261 e. The number of hydrogen-bond donors (Lipinski definition) is 1. The van der Waals surface area contributed by atoms with Crippen LogP contribution in [0.5, 0.6) is 5.88 Å². The molecule has 0 bridgehead atoms. The molecule has 0 fully saturated rings. The third-order valence-electron chi connectivity index (χ3n) is 3.83. The van der Waals surface area contributed by atoms with Gasteiger partial charge in [-0.25, -0.2) is 8.42 Å². The first-order valence-corrected chi connectivity index (χ1v) is 10.1. The lowest BCUT2D eigenvalue weighted by atomic mass is 10.1. The maximum absolute atomic E-state index is 12.5. The van der Waals surface area contributed by atoms with Crippen LogP contribution in [0.2, 0.25) is 0 Å². The summed E-state index contributed by atoms with van der Waals surface area (Å²) in [4.78, 5) is 0.236. The van der Waals surface area contributed by atoms with Crippen molar-refractivity contribution in [1.29, 1.82) is 0 Å². The van der Waals surface area contributed by atoms with E-state index < -0.39 is 10.0 Å². The van der Waals surface area contributed by atoms with Crippen LogP contribution in [0.3, 0.4) is 0 Å². The second-order valence-corrected chi connectivity index (χ2v) is 7.79. The number of nitrogens with zero attached hydrogens (tertiary/aromatic N) is 2. The van der Waals surface area contributed by atoms with E-state index in [0.29, 0.717) is 23.9 Å². The van der Waals surface area contributed by atoms with Gasteiger partial charge in [-0.3, -0.25) is 4.72 Å². The lowest BCUT2D eigenvalue weighted by Crippen LogP contribution is -2.12. The fraction of sp³-hybridized carbons (Fsp3) is 0.200. The van der Waals surface area contributed by atoms with E-state index in [0.717, 1.165) is 17.5 Å². The molecular weight excluding hydrogens is 362 g/mol. The van der Waals surface area contributed by atoms with Gasteiger partial charge in [-0.15, -0.1) is 10.2 Å². The van der Waals surface area contributed by atoms with Gasteiger partial charge in [0.05, 0.1) is 17.2 Å². The van der Waals surface area contributed by atoms with Crippen LogP contribution < -0.4 is 9.46 Å². The van der Waals surface area contributed by atoms with Crippen molar-refractivity contribution in [1.82, 2.24) is 10.2 Å². The van der Waals surface area contributed by atoms with E-state index in [1.54, 1.807) is 48.5 Å². The molecule has 1 N–H and O–H groups in total. The van der Waals surface area contributed by atoms with Crippen molar-refractivity contribution in [3.63, 3.8) is 0 Å². The molecule has 7 heteroatoms. The predicted octanol–water partition coefficient (Wildman–Crippen LogP) is 4.04. The minimum Gasteiger partial charge on any atom is -0.477 e. The van der Waals surface area contributed by atoms with Crippen LogP contribution in [-0.4, -0.2) is 25.2 Å². The SMILES string of the molecule is CCCOc1ccc(-c2ccc(NS(=O)(=O)c3cccc(C)c3)cc2)nn1. The van der Waals surface area contributed by atoms with Gasteiger partial charge in [0.1, 0.15) is 0 Å². The minimum atomic E-state index is -3.62. The molecular formula is C20H21N3O3S. The zero-order valence-electron chi connectivity index (χ0n) is 15.2. The Bertz CT molecular complexity index is 1000. The molecule has 3 aromatic rings. The summed E-state index contributed by atoms with van der Waals surface area (Å²) >= 11 is 0. The number of sulfonamides is 1. The molecule has 0 aliphatic rings. The van der Waals surface area contributed by atoms with E-state index in [2.05, 4.69) is 14.9 Å². The molecule has 140 valence electrons. The van der Waals surface area contributed by atoms with Gasteiger partial charge in [0.2, 0.25) is 5.88 Å². The summed E-state index contributed by atoms with van der Waals surface area (Å²) in [6, 6.07) is 17.4. The highest BCUT2D eigenvalue weighted by Crippen LogP contribution is 2.22. The normalized spacial score (nSPS) is 11.2. The summed E-state index contributed by atoms with van der Waals surface area (Å²) in [5.41, 5.74) is 2.89. The first kappa shape index (κ1) is 18.8. The van der Waals surface area contributed by atoms with Crippen molar-refractivity contribution < 1.29 is 13.2 Å². The Morgan fingerprint density at radius 2 is 1.78 bits per heavy atom. The van der Waals surface area contributed by atoms with Crippen LogP contribution in [0.15, 0.2) is 65.6 Å². The quantitative estimate of drug-likeness (QED) is 0.666. The topological polar surface area (TPSA) is 81.2 Å². The number of aryl methyl sites for hydroxylation is 1. The molecule has 0 atom stereocenters. The van der Waals surface area contributed by atoms with Crippen LogP contribution in [-0.2, 0) is 10.0 Å². The summed E-state index contributed by atoms with van der Waals surface area (Å²) < 4.78 is 33.0. The van der Waals surface area contributed by atoms with E-state index in [4.69, 9.17) is 4.74 Å². The molecule has 0 spiro atoms. The van der Waals surface area contributed by atoms with Gasteiger partial charge >= 0.3 is 0 Å². The summed E-state index contributed by atoms with van der Waals surface area (Å²) in [5, 5.41) is 8.19. The van der Waals surface area contributed by atoms with E-state index in [9.17, 15) is 8.42 Å². The van der Waals surface area contributed by atoms with Gasteiger partial charge in [0.25, 0.3) is 10.0 Å². The number of hydrogen-bond acceptors (Lipinski definition) is 5. The molecule has 0 aliphatic carbocycles. The third kappa shape index (κ3) is 4.83. The first-order valence-electron chi connectivity index (χ1n) is 8.64. The average molecular weight is 383 g/mol. The fourth-order valence-corrected chi connectivity index (χ4v) is 3.63. The molecule has 1 aromatic heterocycles. The molecule has 6 nitrogen and oxygen atoms in total. The highest BCUT2D eigenvalue weighted by Gasteiger charge is 2.14. The van der Waals surface area contributed by atoms with Crippen LogP contribution in [0, 0.1) is 6.92 Å². The fourth-order valence-electron chi connectivity index (χ4n) is 2.46. The van der Waals surface area contributed by atoms with Gasteiger partial charge in [0.15, 0.2) is 0 Å². The second kappa shape index (κ2) is 8.18. The Morgan fingerprint density at radius 1 is 1.00 bits per heavy atom. The molecule has 27 heavy (non-hydrogen) atoms. The van der Waals surface area contributed by atoms with Gasteiger partial charge in [-0.2, -0.15) is 0 Å². The number of aromatic nitrogens is 2. The second-order valence-electron chi connectivity index (χ2n) is 6.10. The van der Waals surface area contributed by atoms with E-state index in [-0.39, 0.29) is 4.90 Å². The van der Waals surface area contributed by atoms with E-state index in [1.165, 1.54) is 0 Å². The molecule has 0 unspecified atom stereocenters. The largest absolute Gasteiger partial charge is 0.477 e. The number of anilines is 1. The van der Waals surface area contributed by atoms with Crippen LogP contribution in [0.25, 0.3) is 11.3 Å². The zero-order valence-corrected chi connectivity index (χ0v) is 16.0. The predicted molar refractivity (Wildman–Crippen MR) is 105 cm³/mol. The lowest BCUT2D eigenvalue weighted by molar-refractivity contribution is 0.302. The van der Waals surface area contributed by atoms with E-state index >= 15 is 0 Å². The molecule has 0 radical (unpaired) electrons. The zero-order chi connectivity index (χ0) is 19.3. The van der Waals surface area contributed by atoms with Crippen molar-refractivity contribution in [3.8, 4) is 17.1 Å². The smallest absolute Gasteiger partial charge is 0.261 e. The van der Waals surface area contributed by atoms with Crippen LogP contribution in [0.4, 0.5) is 5.69 Å². The molecule has 0 aliphatic heterocycles. The minimum absolute atomic E-state index is 0.236. The van der Waals surface area contributed by atoms with Crippen molar-refractivity contribution in [2.45, 2.75) is 25.2 Å². The Labute approximate surface area is 159 Å². The highest BCUT2D eigenvalue weighted by atomic mass is 32.2. The molecule has 0 saturated heterocycles. The van der Waals surface area contributed by atoms with E-state index in [1.807, 2.05) is 26.0 Å². The maximum atomic E-state index is 12.5. The molecule has 2 aromatic carbocycles. The highest BCUT2D eigenvalue weighted by molar-refractivity contribution is 7.92. The first-order chi connectivity index (χ1) is 13.0. The molecule has 1 heterocycles. The van der Waals surface area contributed by atoms with Gasteiger partial charge in [-0.1, -0.05) is 31.2 Å². The lowest BCUT2D eigenvalue weighted by Gasteiger charge is -2.09. The third-order valence-corrected chi connectivity index (χ3v) is 5.21. The number of rotatable bonds is 7. The Kier molecular flexibility index (Phi) is 5.71. The summed E-state index contributed by atoms with van der Waals surface area (Å²) in [6.07, 6.45) is 0.906. The van der Waals surface area contributed by atoms with Gasteiger partial charge in [-0.05, 0) is 49.2 Å². The molecule has 0 saturated carbocycles. The molecule has 0 amide bonds. The molecule has 3 rings (SSSR count). The summed E-state index contributed by atoms with van der Waals surface area (Å²) in [7, 11) is -3.62. The standard InChI is InChI=1S/C20H21N3O3S/c1-3-13-26-20-12-11-19(21-22-20)16-7-9-17(10-8-16)23-27(24,25)18-6-4-5-15(2)14-18/h4-12,14,23H,3,13H2,1-2H3. The Hall–Kier alpha value is -2.93. The van der Waals surface area contributed by atoms with Crippen molar-refractivity contribution in [2.24, 2.45) is 0 Å². The van der Waals surface area contributed by atoms with Crippen molar-refractivity contribution >= 4 is 15.7 Å². The van der Waals surface area contributed by atoms with Crippen LogP contribution >= 0.6 is 0 Å². The van der Waals surface area contributed by atoms with Crippen molar-refractivity contribution in [3.05, 3.63) is 66.2 Å². The summed E-state index contributed by atoms with van der Waals surface area (Å²) in [5.74, 6) is 0.489. The Morgan fingerprint density at radius 3 is 2.41 bits per heavy atom. The Balaban J connectivity index is 1.73. The average Bonchev–Trinajstić information content (AvgIpc) is 2.67. The van der Waals surface area contributed by atoms with Crippen molar-refractivity contribution in [2.75, 3.05) is 11.3 Å². The van der Waals surface area contributed by atoms with Gasteiger partial charge in [0, 0.05) is 17.3 Å². The number of ether oxygens (including phenoxy) is 1. The summed E-state index contributed by atoms with van der Waals surface area (Å²) in [6.45, 7) is 4.48. The number of nitrogens with one attached hydrogen (secondary N) is 1. The monoisotopic (exact) mass is 383 g/mol.